The Labute approximate surface area is 366 Å². The predicted molar refractivity (Wildman–Crippen MR) is 230 cm³/mol. The van der Waals surface area contributed by atoms with Crippen molar-refractivity contribution in [1.29, 1.82) is 0 Å². The summed E-state index contributed by atoms with van der Waals surface area (Å²) in [5.41, 5.74) is 1.12. The van der Waals surface area contributed by atoms with Gasteiger partial charge in [-0.25, -0.2) is 4.98 Å². The largest absolute Gasteiger partial charge is 0.574 e. The number of nitrogens with zero attached hydrogens (tertiary/aromatic N) is 5. The number of rotatable bonds is 16. The van der Waals surface area contributed by atoms with Crippen molar-refractivity contribution in [3.05, 3.63) is 35.3 Å². The van der Waals surface area contributed by atoms with Crippen LogP contribution in [0.4, 0.5) is 13.2 Å². The van der Waals surface area contributed by atoms with Crippen LogP contribution in [-0.4, -0.2) is 80.6 Å². The Kier molecular flexibility index (Phi) is 13.3. The highest BCUT2D eigenvalue weighted by atomic mass is 19.4. The maximum atomic E-state index is 14.4. The average molecular weight is 870 g/mol. The van der Waals surface area contributed by atoms with Crippen molar-refractivity contribution in [2.24, 2.45) is 50.7 Å². The molecule has 0 amide bonds. The first-order valence-electron chi connectivity index (χ1n) is 22.8. The molecule has 4 aliphatic carbocycles. The molecule has 2 aromatic heterocycles. The number of pyridine rings is 1. The number of carboxylic acids is 1. The number of aliphatic carboxylic acids is 1. The van der Waals surface area contributed by atoms with E-state index in [0.717, 1.165) is 62.8 Å². The van der Waals surface area contributed by atoms with E-state index in [2.05, 4.69) is 65.8 Å². The van der Waals surface area contributed by atoms with Crippen molar-refractivity contribution in [3.63, 3.8) is 0 Å². The van der Waals surface area contributed by atoms with E-state index in [-0.39, 0.29) is 46.4 Å². The fraction of sp³-hybridized carbons (Fsp3) is 0.750. The summed E-state index contributed by atoms with van der Waals surface area (Å²) in [4.78, 5) is 45.1. The minimum atomic E-state index is -4.85. The highest BCUT2D eigenvalue weighted by Crippen LogP contribution is 2.75. The van der Waals surface area contributed by atoms with E-state index in [1.54, 1.807) is 13.8 Å². The second-order valence-corrected chi connectivity index (χ2v) is 21.3. The lowest BCUT2D eigenvalue weighted by Gasteiger charge is -2.69. The molecule has 1 unspecified atom stereocenters. The fourth-order valence-corrected chi connectivity index (χ4v) is 12.6. The van der Waals surface area contributed by atoms with Gasteiger partial charge in [-0.2, -0.15) is 0 Å². The quantitative estimate of drug-likeness (QED) is 0.162. The number of allylic oxidation sites excluding steroid dienone is 2. The Hall–Kier alpha value is -3.81. The van der Waals surface area contributed by atoms with Gasteiger partial charge in [-0.3, -0.25) is 14.4 Å². The van der Waals surface area contributed by atoms with E-state index in [1.165, 1.54) is 23.9 Å². The molecule has 1 N–H and O–H groups in total. The summed E-state index contributed by atoms with van der Waals surface area (Å²) in [6.07, 6.45) is 5.30. The SMILES string of the molecule is CC[C@H](CC[C@@]1(C)[C@H](C)CC[C@]2(C)[C@@H]1CCC1C3=C(C(C)C)C(=O)C[C@]3(Cc3nnc(-c4ccc(OC(F)(F)F)nc4)n3CCN(C)C)CC[C@]12C)OC(=O)CC(C)(C)C(=O)O. The maximum Gasteiger partial charge on any atom is 0.574 e. The number of ether oxygens (including phenoxy) is 2. The summed E-state index contributed by atoms with van der Waals surface area (Å²) in [6.45, 7) is 20.5. The number of fused-ring (bicyclic) bond motifs is 5. The molecule has 6 rings (SSSR count). The van der Waals surface area contributed by atoms with Crippen LogP contribution in [0.1, 0.15) is 139 Å². The molecule has 0 saturated heterocycles. The number of hydrogen-bond acceptors (Lipinski definition) is 9. The van der Waals surface area contributed by atoms with Crippen LogP contribution in [0.5, 0.6) is 5.88 Å². The summed E-state index contributed by atoms with van der Waals surface area (Å²) < 4.78 is 50.8. The number of ketones is 1. The Morgan fingerprint density at radius 1 is 1.03 bits per heavy atom. The standard InChI is InChI=1S/C48H70F3N5O6/c1-12-32(61-38(58)27-43(5,6)42(59)60)18-19-44(7)30(4)17-20-46(9)35(44)15-14-33-40-39(29(2)3)34(57)25-47(40,22-21-45(33,46)8)26-36-53-54-41(56(36)24-23-55(10)11)31-13-16-37(52-28-31)62-48(49,50)51/h13,16,28-30,32-33,35H,12,14-15,17-27H2,1-11H3,(H,59,60)/t30-,32-,33?,35-,44+,45-,46-,47+/m1/s1. The van der Waals surface area contributed by atoms with Crippen LogP contribution in [0.25, 0.3) is 11.4 Å². The number of halogens is 3. The molecule has 2 heterocycles. The second-order valence-electron chi connectivity index (χ2n) is 21.3. The number of hydrogen-bond donors (Lipinski definition) is 1. The van der Waals surface area contributed by atoms with Crippen LogP contribution >= 0.6 is 0 Å². The van der Waals surface area contributed by atoms with Gasteiger partial charge in [0.15, 0.2) is 11.6 Å². The first-order valence-corrected chi connectivity index (χ1v) is 22.8. The van der Waals surface area contributed by atoms with Gasteiger partial charge in [-0.1, -0.05) is 54.0 Å². The molecular formula is C48H70F3N5O6. The minimum Gasteiger partial charge on any atom is -0.481 e. The molecule has 62 heavy (non-hydrogen) atoms. The lowest BCUT2D eigenvalue weighted by Crippen LogP contribution is -2.62. The number of carbonyl (C=O) groups is 3. The van der Waals surface area contributed by atoms with Crippen molar-refractivity contribution >= 4 is 17.7 Å². The van der Waals surface area contributed by atoms with Gasteiger partial charge in [0, 0.05) is 49.2 Å². The predicted octanol–water partition coefficient (Wildman–Crippen LogP) is 10.1. The molecule has 4 aliphatic rings. The fourth-order valence-electron chi connectivity index (χ4n) is 12.6. The molecule has 11 nitrogen and oxygen atoms in total. The van der Waals surface area contributed by atoms with E-state index in [1.807, 2.05) is 21.0 Å². The molecule has 0 bridgehead atoms. The Morgan fingerprint density at radius 3 is 2.34 bits per heavy atom. The van der Waals surface area contributed by atoms with Crippen molar-refractivity contribution in [1.82, 2.24) is 24.6 Å². The second kappa shape index (κ2) is 17.3. The van der Waals surface area contributed by atoms with Crippen LogP contribution in [0.15, 0.2) is 29.5 Å². The van der Waals surface area contributed by atoms with E-state index in [4.69, 9.17) is 9.84 Å². The number of carboxylic acid groups (broad SMARTS) is 1. The molecule has 3 saturated carbocycles. The first kappa shape index (κ1) is 47.7. The highest BCUT2D eigenvalue weighted by Gasteiger charge is 2.67. The number of carbonyl (C=O) groups excluding carboxylic acids is 2. The normalized spacial score (nSPS) is 30.6. The summed E-state index contributed by atoms with van der Waals surface area (Å²) in [5, 5.41) is 19.0. The van der Waals surface area contributed by atoms with Crippen LogP contribution in [-0.2, 0) is 32.1 Å². The zero-order valence-electron chi connectivity index (χ0n) is 38.9. The van der Waals surface area contributed by atoms with Crippen molar-refractivity contribution in [3.8, 4) is 17.3 Å². The molecule has 0 spiro atoms. The van der Waals surface area contributed by atoms with Gasteiger partial charge < -0.3 is 24.0 Å². The van der Waals surface area contributed by atoms with E-state index >= 15 is 0 Å². The monoisotopic (exact) mass is 870 g/mol. The van der Waals surface area contributed by atoms with Gasteiger partial charge in [0.25, 0.3) is 0 Å². The van der Waals surface area contributed by atoms with Crippen molar-refractivity contribution < 1.29 is 42.1 Å². The van der Waals surface area contributed by atoms with Gasteiger partial charge in [0.2, 0.25) is 5.88 Å². The number of likely N-dealkylation sites (N-methyl/N-ethyl adjacent to an activating group) is 1. The minimum absolute atomic E-state index is 0.0120. The van der Waals surface area contributed by atoms with Gasteiger partial charge in [0.05, 0.1) is 11.8 Å². The van der Waals surface area contributed by atoms with Crippen LogP contribution in [0, 0.1) is 50.7 Å². The summed E-state index contributed by atoms with van der Waals surface area (Å²) in [5.74, 6) is 0.618. The molecule has 344 valence electrons. The van der Waals surface area contributed by atoms with E-state index in [9.17, 15) is 32.7 Å². The Morgan fingerprint density at radius 2 is 1.74 bits per heavy atom. The molecule has 0 radical (unpaired) electrons. The third kappa shape index (κ3) is 8.83. The van der Waals surface area contributed by atoms with Crippen LogP contribution in [0.2, 0.25) is 0 Å². The van der Waals surface area contributed by atoms with Gasteiger partial charge in [0.1, 0.15) is 11.9 Å². The molecule has 3 fully saturated rings. The van der Waals surface area contributed by atoms with E-state index in [0.29, 0.717) is 55.6 Å². The first-order chi connectivity index (χ1) is 28.8. The number of aromatic nitrogens is 4. The van der Waals surface area contributed by atoms with Gasteiger partial charge in [-0.15, -0.1) is 23.4 Å². The van der Waals surface area contributed by atoms with Crippen LogP contribution < -0.4 is 4.74 Å². The molecular weight excluding hydrogens is 800 g/mol. The average Bonchev–Trinajstić information content (AvgIpc) is 3.71. The molecule has 8 atom stereocenters. The summed E-state index contributed by atoms with van der Waals surface area (Å²) in [7, 11) is 3.97. The molecule has 0 aromatic carbocycles. The topological polar surface area (TPSA) is 137 Å². The van der Waals surface area contributed by atoms with Crippen LogP contribution in [0.3, 0.4) is 0 Å². The maximum absolute atomic E-state index is 14.4. The lowest BCUT2D eigenvalue weighted by atomic mass is 9.35. The Balaban J connectivity index is 1.31. The smallest absolute Gasteiger partial charge is 0.481 e. The summed E-state index contributed by atoms with van der Waals surface area (Å²) in [6, 6.07) is 2.71. The third-order valence-electron chi connectivity index (χ3n) is 16.5. The third-order valence-corrected chi connectivity index (χ3v) is 16.5. The zero-order valence-corrected chi connectivity index (χ0v) is 38.9. The molecule has 2 aromatic rings. The highest BCUT2D eigenvalue weighted by molar-refractivity contribution is 6.00. The van der Waals surface area contributed by atoms with Gasteiger partial charge in [-0.05, 0) is 137 Å². The number of alkyl halides is 3. The van der Waals surface area contributed by atoms with Gasteiger partial charge >= 0.3 is 18.3 Å². The summed E-state index contributed by atoms with van der Waals surface area (Å²) >= 11 is 0. The Bertz CT molecular complexity index is 2030. The number of esters is 1. The number of Topliss-reactive ketones (excluding diaryl/α,β-unsaturated/α-hetero) is 1. The zero-order chi connectivity index (χ0) is 45.8. The van der Waals surface area contributed by atoms with Crippen molar-refractivity contribution in [2.45, 2.75) is 158 Å². The molecule has 0 aliphatic heterocycles. The molecule has 14 heteroatoms. The van der Waals surface area contributed by atoms with Crippen molar-refractivity contribution in [2.75, 3.05) is 20.6 Å². The lowest BCUT2D eigenvalue weighted by molar-refractivity contribution is -0.276. The van der Waals surface area contributed by atoms with E-state index < -0.39 is 35.0 Å².